The summed E-state index contributed by atoms with van der Waals surface area (Å²) in [7, 11) is 0. The molecule has 3 aromatic carbocycles. The molecule has 0 aliphatic rings. The summed E-state index contributed by atoms with van der Waals surface area (Å²) in [5, 5.41) is 29.7. The van der Waals surface area contributed by atoms with Crippen molar-refractivity contribution in [3.05, 3.63) is 108 Å². The van der Waals surface area contributed by atoms with Gasteiger partial charge in [0.15, 0.2) is 0 Å². The van der Waals surface area contributed by atoms with E-state index in [-0.39, 0.29) is 25.4 Å². The minimum Gasteiger partial charge on any atom is -0.444 e. The third-order valence-electron chi connectivity index (χ3n) is 7.66. The van der Waals surface area contributed by atoms with Crippen LogP contribution in [0.4, 0.5) is 9.59 Å². The van der Waals surface area contributed by atoms with Gasteiger partial charge in [-0.3, -0.25) is 25.6 Å². The number of benzene rings is 3. The summed E-state index contributed by atoms with van der Waals surface area (Å²) in [6.07, 6.45) is -1.85. The Hall–Kier alpha value is -5.23. The summed E-state index contributed by atoms with van der Waals surface area (Å²) < 4.78 is 10.5. The largest absolute Gasteiger partial charge is 0.444 e. The summed E-state index contributed by atoms with van der Waals surface area (Å²) >= 11 is 0. The topological polar surface area (TPSA) is 179 Å². The highest BCUT2D eigenvalue weighted by molar-refractivity contribution is 6.01. The monoisotopic (exact) mass is 687 g/mol. The number of hydrogen-bond acceptors (Lipinski definition) is 8. The normalized spacial score (nSPS) is 13.5. The van der Waals surface area contributed by atoms with Gasteiger partial charge >= 0.3 is 12.2 Å². The second-order valence-electron chi connectivity index (χ2n) is 13.1. The Kier molecular flexibility index (Phi) is 15.4. The van der Waals surface area contributed by atoms with Crippen LogP contribution >= 0.6 is 0 Å². The predicted octanol–water partition coefficient (Wildman–Crippen LogP) is 4.99. The lowest BCUT2D eigenvalue weighted by Gasteiger charge is -2.29. The summed E-state index contributed by atoms with van der Waals surface area (Å²) in [5.41, 5.74) is 1.79. The predicted molar refractivity (Wildman–Crippen MR) is 190 cm³/mol. The zero-order valence-electron chi connectivity index (χ0n) is 29.1. The standard InChI is InChI=1S/C38H49N5O7/c1-5-30(24-33(45)42-35(39)43-36(47)49-25-28-19-13-8-14-20-28)40-34(46)29(21-26-15-9-6-10-16-26)23-32(44)31(22-27-17-11-7-12-18-27)41-37(48)50-38(2,3)4/h6-20,29-32,44H,5,21-25H2,1-4H3,(H,40,46)(H,41,48)(H3,39,42,43,45,47)/t29-,30+,31+,32+/m1/s1. The van der Waals surface area contributed by atoms with E-state index in [2.05, 4.69) is 21.3 Å². The van der Waals surface area contributed by atoms with Crippen LogP contribution in [0.25, 0.3) is 0 Å². The van der Waals surface area contributed by atoms with Crippen molar-refractivity contribution in [2.75, 3.05) is 0 Å². The average Bonchev–Trinajstić information content (AvgIpc) is 3.06. The van der Waals surface area contributed by atoms with Crippen LogP contribution in [0.1, 0.15) is 63.6 Å². The van der Waals surface area contributed by atoms with E-state index in [1.807, 2.05) is 73.7 Å². The summed E-state index contributed by atoms with van der Waals surface area (Å²) in [6, 6.07) is 26.4. The van der Waals surface area contributed by atoms with Gasteiger partial charge in [0.05, 0.1) is 12.1 Å². The van der Waals surface area contributed by atoms with E-state index in [4.69, 9.17) is 14.9 Å². The molecule has 12 heteroatoms. The number of carbonyl (C=O) groups excluding carboxylic acids is 4. The van der Waals surface area contributed by atoms with E-state index >= 15 is 0 Å². The minimum absolute atomic E-state index is 0.000747. The van der Waals surface area contributed by atoms with E-state index in [1.54, 1.807) is 45.0 Å². The quantitative estimate of drug-likeness (QED) is 0.0962. The Bertz CT molecular complexity index is 1530. The molecule has 0 saturated heterocycles. The van der Waals surface area contributed by atoms with Crippen molar-refractivity contribution in [2.45, 2.75) is 90.2 Å². The average molecular weight is 688 g/mol. The molecular weight excluding hydrogens is 638 g/mol. The molecule has 50 heavy (non-hydrogen) atoms. The van der Waals surface area contributed by atoms with Crippen molar-refractivity contribution < 1.29 is 33.8 Å². The Morgan fingerprint density at radius 3 is 1.84 bits per heavy atom. The highest BCUT2D eigenvalue weighted by Gasteiger charge is 2.31. The molecule has 0 aliphatic heterocycles. The van der Waals surface area contributed by atoms with Crippen molar-refractivity contribution >= 4 is 30.0 Å². The van der Waals surface area contributed by atoms with Gasteiger partial charge in [-0.2, -0.15) is 0 Å². The molecule has 12 nitrogen and oxygen atoms in total. The number of aliphatic hydroxyl groups is 1. The van der Waals surface area contributed by atoms with Crippen molar-refractivity contribution in [3.8, 4) is 0 Å². The molecule has 0 saturated carbocycles. The number of hydrogen-bond donors (Lipinski definition) is 6. The molecule has 3 aromatic rings. The summed E-state index contributed by atoms with van der Waals surface area (Å²) in [6.45, 7) is 7.06. The Morgan fingerprint density at radius 2 is 1.30 bits per heavy atom. The number of nitrogens with one attached hydrogen (secondary N) is 5. The van der Waals surface area contributed by atoms with Gasteiger partial charge in [0.2, 0.25) is 17.8 Å². The lowest BCUT2D eigenvalue weighted by molar-refractivity contribution is -0.127. The van der Waals surface area contributed by atoms with Gasteiger partial charge < -0.3 is 25.2 Å². The second-order valence-corrected chi connectivity index (χ2v) is 13.1. The van der Waals surface area contributed by atoms with E-state index in [9.17, 15) is 24.3 Å². The Balaban J connectivity index is 1.65. The number of alkyl carbamates (subject to hydrolysis) is 2. The molecule has 4 amide bonds. The summed E-state index contributed by atoms with van der Waals surface area (Å²) in [5.74, 6) is -2.24. The molecule has 0 fully saturated rings. The van der Waals surface area contributed by atoms with Gasteiger partial charge in [-0.1, -0.05) is 97.9 Å². The lowest BCUT2D eigenvalue weighted by Crippen LogP contribution is -2.49. The zero-order valence-corrected chi connectivity index (χ0v) is 29.1. The van der Waals surface area contributed by atoms with Crippen molar-refractivity contribution in [1.82, 2.24) is 21.3 Å². The number of amides is 4. The van der Waals surface area contributed by atoms with Crippen molar-refractivity contribution in [3.63, 3.8) is 0 Å². The molecule has 0 bridgehead atoms. The number of carbonyl (C=O) groups is 4. The molecule has 0 aliphatic carbocycles. The maximum atomic E-state index is 13.8. The van der Waals surface area contributed by atoms with Crippen LogP contribution < -0.4 is 21.3 Å². The van der Waals surface area contributed by atoms with Gasteiger partial charge in [0, 0.05) is 18.4 Å². The first-order chi connectivity index (χ1) is 23.8. The van der Waals surface area contributed by atoms with Gasteiger partial charge in [-0.25, -0.2) is 9.59 Å². The number of aliphatic hydroxyl groups excluding tert-OH is 1. The number of ether oxygens (including phenoxy) is 2. The molecule has 268 valence electrons. The first kappa shape index (κ1) is 39.2. The van der Waals surface area contributed by atoms with E-state index in [1.165, 1.54) is 0 Å². The van der Waals surface area contributed by atoms with Crippen molar-refractivity contribution in [1.29, 1.82) is 5.41 Å². The zero-order chi connectivity index (χ0) is 36.5. The fraction of sp³-hybridized carbons (Fsp3) is 0.395. The lowest BCUT2D eigenvalue weighted by atomic mass is 9.88. The number of rotatable bonds is 15. The highest BCUT2D eigenvalue weighted by atomic mass is 16.6. The first-order valence-electron chi connectivity index (χ1n) is 16.7. The molecule has 0 unspecified atom stereocenters. The van der Waals surface area contributed by atoms with Crippen LogP contribution in [0.3, 0.4) is 0 Å². The van der Waals surface area contributed by atoms with E-state index < -0.39 is 53.8 Å². The van der Waals surface area contributed by atoms with Gasteiger partial charge in [-0.15, -0.1) is 0 Å². The van der Waals surface area contributed by atoms with Crippen molar-refractivity contribution in [2.24, 2.45) is 5.92 Å². The Labute approximate surface area is 293 Å². The third-order valence-corrected chi connectivity index (χ3v) is 7.66. The maximum absolute atomic E-state index is 13.8. The molecule has 0 spiro atoms. The minimum atomic E-state index is -1.13. The smallest absolute Gasteiger partial charge is 0.414 e. The number of guanidine groups is 1. The third kappa shape index (κ3) is 14.9. The van der Waals surface area contributed by atoms with Crippen LogP contribution in [-0.2, 0) is 38.5 Å². The first-order valence-corrected chi connectivity index (χ1v) is 16.7. The van der Waals surface area contributed by atoms with Crippen LogP contribution in [0, 0.1) is 11.3 Å². The molecule has 0 radical (unpaired) electrons. The molecule has 0 heterocycles. The van der Waals surface area contributed by atoms with Crippen LogP contribution in [0.5, 0.6) is 0 Å². The summed E-state index contributed by atoms with van der Waals surface area (Å²) in [4.78, 5) is 51.4. The molecule has 3 rings (SSSR count). The highest BCUT2D eigenvalue weighted by Crippen LogP contribution is 2.20. The van der Waals surface area contributed by atoms with E-state index in [0.29, 0.717) is 19.3 Å². The van der Waals surface area contributed by atoms with E-state index in [0.717, 1.165) is 16.7 Å². The molecule has 4 atom stereocenters. The van der Waals surface area contributed by atoms with Crippen LogP contribution in [0.2, 0.25) is 0 Å². The molecule has 0 aromatic heterocycles. The van der Waals surface area contributed by atoms with Gasteiger partial charge in [0.1, 0.15) is 12.2 Å². The molecular formula is C38H49N5O7. The van der Waals surface area contributed by atoms with Gasteiger partial charge in [0.25, 0.3) is 0 Å². The maximum Gasteiger partial charge on any atom is 0.414 e. The second kappa shape index (κ2) is 19.7. The SMILES string of the molecule is CC[C@@H](CC(=O)NC(=N)NC(=O)OCc1ccccc1)NC(=O)[C@H](Cc1ccccc1)C[C@H](O)[C@H](Cc1ccccc1)NC(=O)OC(C)(C)C. The fourth-order valence-electron chi connectivity index (χ4n) is 5.17. The fourth-order valence-corrected chi connectivity index (χ4v) is 5.17. The van der Waals surface area contributed by atoms with Crippen LogP contribution in [0.15, 0.2) is 91.0 Å². The Morgan fingerprint density at radius 1 is 0.760 bits per heavy atom. The molecule has 6 N–H and O–H groups in total. The van der Waals surface area contributed by atoms with Gasteiger partial charge in [-0.05, 0) is 63.1 Å². The van der Waals surface area contributed by atoms with Crippen LogP contribution in [-0.4, -0.2) is 58.9 Å².